The molecule has 3 aromatic carbocycles. The Labute approximate surface area is 375 Å². The van der Waals surface area contributed by atoms with Crippen LogP contribution in [0.2, 0.25) is 5.02 Å². The summed E-state index contributed by atoms with van der Waals surface area (Å²) in [6, 6.07) is 14.8. The number of piperidine rings is 3. The number of nitrogens with zero attached hydrogens (tertiary/aromatic N) is 3. The number of rotatable bonds is 14. The van der Waals surface area contributed by atoms with E-state index in [4.69, 9.17) is 20.0 Å². The summed E-state index contributed by atoms with van der Waals surface area (Å²) >= 11 is 6.34. The topological polar surface area (TPSA) is 131 Å². The summed E-state index contributed by atoms with van der Waals surface area (Å²) in [5, 5.41) is 0.428. The number of likely N-dealkylation sites (tertiary alicyclic amines) is 3. The van der Waals surface area contributed by atoms with Crippen molar-refractivity contribution in [3.63, 3.8) is 0 Å². The molecule has 3 aromatic rings. The molecule has 3 saturated heterocycles. The molecule has 0 N–H and O–H groups in total. The van der Waals surface area contributed by atoms with Gasteiger partial charge in [0.2, 0.25) is 0 Å². The van der Waals surface area contributed by atoms with Gasteiger partial charge in [-0.25, -0.2) is 17.2 Å². The number of hydrogen-bond acceptors (Lipinski definition) is 11. The zero-order valence-corrected chi connectivity index (χ0v) is 40.3. The van der Waals surface area contributed by atoms with Crippen LogP contribution in [-0.2, 0) is 30.1 Å². The molecule has 0 aromatic heterocycles. The molecule has 3 fully saturated rings. The molecular weight excluding hydrogens is 880 g/mol. The Morgan fingerprint density at radius 1 is 0.532 bits per heavy atom. The molecule has 3 aliphatic rings. The summed E-state index contributed by atoms with van der Waals surface area (Å²) in [5.41, 5.74) is 2.12. The van der Waals surface area contributed by atoms with E-state index >= 15 is 0 Å². The van der Waals surface area contributed by atoms with Crippen LogP contribution in [0.3, 0.4) is 0 Å². The lowest BCUT2D eigenvalue weighted by atomic mass is 9.89. The van der Waals surface area contributed by atoms with Crippen molar-refractivity contribution >= 4 is 41.7 Å². The van der Waals surface area contributed by atoms with Crippen molar-refractivity contribution in [2.45, 2.75) is 101 Å². The molecule has 0 bridgehead atoms. The van der Waals surface area contributed by atoms with Crippen LogP contribution in [0.4, 0.5) is 8.78 Å². The lowest BCUT2D eigenvalue weighted by Crippen LogP contribution is -2.33. The van der Waals surface area contributed by atoms with E-state index in [-0.39, 0.29) is 28.2 Å². The van der Waals surface area contributed by atoms with E-state index in [9.17, 15) is 34.0 Å². The van der Waals surface area contributed by atoms with Crippen molar-refractivity contribution in [2.75, 3.05) is 77.7 Å². The summed E-state index contributed by atoms with van der Waals surface area (Å²) in [4.78, 5) is 7.05. The Balaban J connectivity index is 0.000000205. The molecule has 0 spiro atoms. The summed E-state index contributed by atoms with van der Waals surface area (Å²) < 4.78 is 107. The normalized spacial score (nSPS) is 18.0. The molecule has 0 radical (unpaired) electrons. The minimum Gasteiger partial charge on any atom is -0.381 e. The fourth-order valence-corrected chi connectivity index (χ4v) is 10.7. The monoisotopic (exact) mass is 945 g/mol. The Hall–Kier alpha value is -2.86. The third kappa shape index (κ3) is 16.0. The summed E-state index contributed by atoms with van der Waals surface area (Å²) in [5.74, 6) is -0.445. The van der Waals surface area contributed by atoms with Crippen LogP contribution < -0.4 is 8.37 Å². The van der Waals surface area contributed by atoms with Crippen molar-refractivity contribution < 1.29 is 42.4 Å². The minimum absolute atomic E-state index is 0.126. The van der Waals surface area contributed by atoms with Gasteiger partial charge in [0, 0.05) is 6.26 Å². The largest absolute Gasteiger partial charge is 0.381 e. The summed E-state index contributed by atoms with van der Waals surface area (Å²) in [6.07, 6.45) is 12.1. The van der Waals surface area contributed by atoms with E-state index in [1.807, 2.05) is 6.07 Å². The quantitative estimate of drug-likeness (QED) is 0.144. The molecule has 0 aliphatic carbocycles. The Morgan fingerprint density at radius 3 is 1.26 bits per heavy atom. The first-order chi connectivity index (χ1) is 29.2. The number of benzene rings is 3. The van der Waals surface area contributed by atoms with E-state index in [1.165, 1.54) is 18.6 Å². The Bertz CT molecular complexity index is 2120. The van der Waals surface area contributed by atoms with E-state index in [2.05, 4.69) is 35.5 Å². The average molecular weight is 947 g/mol. The van der Waals surface area contributed by atoms with E-state index in [0.29, 0.717) is 22.1 Å². The van der Waals surface area contributed by atoms with Crippen LogP contribution >= 0.6 is 11.6 Å². The fourth-order valence-electron chi connectivity index (χ4n) is 8.62. The second-order valence-electron chi connectivity index (χ2n) is 16.7. The molecule has 0 atom stereocenters. The molecule has 0 saturated carbocycles. The third-order valence-corrected chi connectivity index (χ3v) is 14.0. The van der Waals surface area contributed by atoms with Crippen molar-refractivity contribution in [3.05, 3.63) is 87.9 Å². The first-order valence-corrected chi connectivity index (χ1v) is 27.7. The van der Waals surface area contributed by atoms with Crippen molar-refractivity contribution in [3.8, 4) is 11.5 Å². The summed E-state index contributed by atoms with van der Waals surface area (Å²) in [7, 11) is -10.8. The van der Waals surface area contributed by atoms with Gasteiger partial charge in [-0.3, -0.25) is 0 Å². The molecule has 11 nitrogen and oxygen atoms in total. The first-order valence-electron chi connectivity index (χ1n) is 21.8. The van der Waals surface area contributed by atoms with Crippen molar-refractivity contribution in [1.29, 1.82) is 0 Å². The third-order valence-electron chi connectivity index (χ3n) is 11.6. The van der Waals surface area contributed by atoms with Gasteiger partial charge in [-0.1, -0.05) is 68.8 Å². The van der Waals surface area contributed by atoms with E-state index in [0.717, 1.165) is 135 Å². The highest BCUT2D eigenvalue weighted by Gasteiger charge is 2.27. The molecule has 3 heterocycles. The van der Waals surface area contributed by atoms with Crippen LogP contribution in [-0.4, -0.2) is 118 Å². The van der Waals surface area contributed by atoms with Gasteiger partial charge < -0.3 is 23.1 Å². The van der Waals surface area contributed by atoms with Crippen molar-refractivity contribution in [1.82, 2.24) is 14.7 Å². The maximum absolute atomic E-state index is 14.4. The maximum atomic E-state index is 14.4. The van der Waals surface area contributed by atoms with Crippen LogP contribution in [0.5, 0.6) is 11.5 Å². The van der Waals surface area contributed by atoms with E-state index in [1.54, 1.807) is 36.4 Å². The van der Waals surface area contributed by atoms with Gasteiger partial charge in [0.05, 0.1) is 17.5 Å². The smallest absolute Gasteiger partial charge is 0.306 e. The molecule has 348 valence electrons. The number of hydrogen-bond donors (Lipinski definition) is 0. The highest BCUT2D eigenvalue weighted by atomic mass is 35.5. The minimum atomic E-state index is -3.71. The van der Waals surface area contributed by atoms with E-state index < -0.39 is 41.7 Å². The zero-order chi connectivity index (χ0) is 45.7. The SMILES string of the molecule is CCCN1CCC(c2cccc(OS(C)(=O)=O)c2Cl)CC1.CCCN1CCC(c2cccc(OS(C)(=O)=O)c2F)CC1.CCCN1CCC(c2cccc(S(C)(=O)=O)c2F)CC1. The standard InChI is InChI=1S/C15H22ClNO3S.C15H22FNO3S.C15H22FNO2S/c2*1-3-9-17-10-7-12(8-11-17)13-5-4-6-14(15(13)16)20-21(2,18)19;1-3-9-17-10-7-12(8-11-17)13-5-4-6-14(15(13)16)20(2,18)19/h2*4-6,12H,3,7-11H2,1-2H3;4-6,12H,3,7-11H2,1-2H3. The molecule has 17 heteroatoms. The highest BCUT2D eigenvalue weighted by Crippen LogP contribution is 2.38. The predicted molar refractivity (Wildman–Crippen MR) is 244 cm³/mol. The predicted octanol–water partition coefficient (Wildman–Crippen LogP) is 8.84. The Kier molecular flexibility index (Phi) is 19.9. The van der Waals surface area contributed by atoms with Gasteiger partial charge >= 0.3 is 20.2 Å². The molecule has 0 amide bonds. The van der Waals surface area contributed by atoms with Gasteiger partial charge in [0.1, 0.15) is 10.7 Å². The van der Waals surface area contributed by atoms with Gasteiger partial charge in [0.25, 0.3) is 0 Å². The van der Waals surface area contributed by atoms with Gasteiger partial charge in [-0.2, -0.15) is 16.8 Å². The number of halogens is 3. The lowest BCUT2D eigenvalue weighted by molar-refractivity contribution is 0.211. The molecule has 6 rings (SSSR count). The first kappa shape index (κ1) is 51.8. The average Bonchev–Trinajstić information content (AvgIpc) is 3.20. The second kappa shape index (κ2) is 23.9. The second-order valence-corrected chi connectivity index (χ2v) is 22.2. The maximum Gasteiger partial charge on any atom is 0.306 e. The van der Waals surface area contributed by atoms with Crippen molar-refractivity contribution in [2.24, 2.45) is 0 Å². The molecular formula is C45H66ClF2N3O8S3. The lowest BCUT2D eigenvalue weighted by Gasteiger charge is -2.32. The molecule has 3 aliphatic heterocycles. The Morgan fingerprint density at radius 2 is 0.871 bits per heavy atom. The zero-order valence-electron chi connectivity index (χ0n) is 37.1. The molecule has 62 heavy (non-hydrogen) atoms. The van der Waals surface area contributed by atoms with Crippen LogP contribution in [0, 0.1) is 11.6 Å². The van der Waals surface area contributed by atoms with Crippen LogP contribution in [0.1, 0.15) is 113 Å². The van der Waals surface area contributed by atoms with Crippen LogP contribution in [0.15, 0.2) is 59.5 Å². The van der Waals surface area contributed by atoms with Crippen LogP contribution in [0.25, 0.3) is 0 Å². The highest BCUT2D eigenvalue weighted by molar-refractivity contribution is 7.90. The van der Waals surface area contributed by atoms with Gasteiger partial charge in [-0.05, 0) is 169 Å². The fraction of sp³-hybridized carbons (Fsp3) is 0.600. The summed E-state index contributed by atoms with van der Waals surface area (Å²) in [6.45, 7) is 15.7. The van der Waals surface area contributed by atoms with Gasteiger partial charge in [0.15, 0.2) is 27.2 Å². The number of sulfone groups is 1. The van der Waals surface area contributed by atoms with Gasteiger partial charge in [-0.15, -0.1) is 0 Å². The molecule has 0 unspecified atom stereocenters.